The first-order valence-corrected chi connectivity index (χ1v) is 14.5. The number of aryl methyl sites for hydroxylation is 3. The van der Waals surface area contributed by atoms with Gasteiger partial charge in [0.05, 0.1) is 25.4 Å². The molecule has 0 saturated heterocycles. The van der Waals surface area contributed by atoms with Gasteiger partial charge in [-0.3, -0.25) is 0 Å². The molecule has 0 unspecified atom stereocenters. The van der Waals surface area contributed by atoms with E-state index in [1.165, 1.54) is 16.7 Å². The van der Waals surface area contributed by atoms with Crippen molar-refractivity contribution in [1.82, 2.24) is 0 Å². The Morgan fingerprint density at radius 3 is 2.44 bits per heavy atom. The largest absolute Gasteiger partial charge is 0.495 e. The first-order chi connectivity index (χ1) is 20.6. The maximum Gasteiger partial charge on any atom is 0.269 e. The summed E-state index contributed by atoms with van der Waals surface area (Å²) in [6, 6.07) is 21.1. The van der Waals surface area contributed by atoms with E-state index >= 15 is 0 Å². The predicted octanol–water partition coefficient (Wildman–Crippen LogP) is 8.97. The van der Waals surface area contributed by atoms with E-state index in [-0.39, 0.29) is 11.1 Å². The monoisotopic (exact) mass is 567 g/mol. The summed E-state index contributed by atoms with van der Waals surface area (Å²) < 4.78 is 12.4. The Morgan fingerprint density at radius 2 is 1.79 bits per heavy atom. The molecule has 5 nitrogen and oxygen atoms in total. The van der Waals surface area contributed by atoms with Crippen LogP contribution in [0.25, 0.3) is 16.7 Å². The van der Waals surface area contributed by atoms with Crippen molar-refractivity contribution in [2.75, 3.05) is 18.6 Å². The first kappa shape index (κ1) is 29.5. The summed E-state index contributed by atoms with van der Waals surface area (Å²) in [5.41, 5.74) is 9.50. The Morgan fingerprint density at radius 1 is 1.07 bits per heavy atom. The molecule has 216 valence electrons. The molecule has 0 N–H and O–H groups in total. The summed E-state index contributed by atoms with van der Waals surface area (Å²) in [4.78, 5) is 5.89. The molecule has 0 radical (unpaired) electrons. The summed E-state index contributed by atoms with van der Waals surface area (Å²) >= 11 is 0. The number of anilines is 1. The molecule has 2 heterocycles. The minimum Gasteiger partial charge on any atom is -0.495 e. The van der Waals surface area contributed by atoms with Gasteiger partial charge in [0.2, 0.25) is 0 Å². The molecule has 0 fully saturated rings. The topological polar surface area (TPSA) is 49.8 Å². The number of nitrogens with zero attached hydrogens (tertiary/aromatic N) is 3. The lowest BCUT2D eigenvalue weighted by atomic mass is 9.76. The van der Waals surface area contributed by atoms with Crippen molar-refractivity contribution < 1.29 is 9.47 Å². The summed E-state index contributed by atoms with van der Waals surface area (Å²) in [7, 11) is 1.73. The lowest BCUT2D eigenvalue weighted by Gasteiger charge is -2.41. The van der Waals surface area contributed by atoms with Crippen LogP contribution < -0.4 is 9.64 Å². The van der Waals surface area contributed by atoms with Crippen LogP contribution in [0.4, 0.5) is 5.69 Å². The molecule has 0 amide bonds. The minimum atomic E-state index is -0.0239. The Balaban J connectivity index is 1.54. The molecular formula is C38H37N3O2. The van der Waals surface area contributed by atoms with Gasteiger partial charge in [-0.2, -0.15) is 0 Å². The maximum atomic E-state index is 9.65. The number of methoxy groups -OCH3 is 1. The van der Waals surface area contributed by atoms with E-state index in [2.05, 4.69) is 92.9 Å². The van der Waals surface area contributed by atoms with Gasteiger partial charge in [-0.05, 0) is 96.4 Å². The third kappa shape index (κ3) is 6.13. The van der Waals surface area contributed by atoms with Crippen molar-refractivity contribution in [2.24, 2.45) is 0 Å². The van der Waals surface area contributed by atoms with Crippen LogP contribution in [-0.4, -0.2) is 13.7 Å². The van der Waals surface area contributed by atoms with Crippen molar-refractivity contribution in [1.29, 1.82) is 5.26 Å². The third-order valence-corrected chi connectivity index (χ3v) is 8.25. The lowest BCUT2D eigenvalue weighted by Crippen LogP contribution is -2.37. The van der Waals surface area contributed by atoms with Crippen molar-refractivity contribution in [3.8, 4) is 11.8 Å². The lowest BCUT2D eigenvalue weighted by molar-refractivity contribution is 0.396. The predicted molar refractivity (Wildman–Crippen MR) is 174 cm³/mol. The molecule has 43 heavy (non-hydrogen) atoms. The highest BCUT2D eigenvalue weighted by Crippen LogP contribution is 2.46. The molecule has 3 aromatic rings. The molecular weight excluding hydrogens is 530 g/mol. The van der Waals surface area contributed by atoms with Crippen LogP contribution in [0.1, 0.15) is 59.2 Å². The molecule has 0 spiro atoms. The molecule has 3 aromatic carbocycles. The Kier molecular flexibility index (Phi) is 8.29. The molecule has 2 aliphatic rings. The summed E-state index contributed by atoms with van der Waals surface area (Å²) in [6.07, 6.45) is 8.51. The second-order valence-electron chi connectivity index (χ2n) is 12.0. The van der Waals surface area contributed by atoms with Crippen LogP contribution in [0.5, 0.6) is 5.75 Å². The first-order valence-electron chi connectivity index (χ1n) is 14.5. The quantitative estimate of drug-likeness (QED) is 0.220. The summed E-state index contributed by atoms with van der Waals surface area (Å²) in [6.45, 7) is 20.1. The van der Waals surface area contributed by atoms with Gasteiger partial charge in [0, 0.05) is 18.7 Å². The van der Waals surface area contributed by atoms with Gasteiger partial charge in [-0.15, -0.1) is 0 Å². The van der Waals surface area contributed by atoms with Crippen molar-refractivity contribution >= 4 is 17.5 Å². The standard InChI is InChI=1S/C38H37N3O2/c1-25-17-26(2)36(27(3)18-25)34-22-30(33(23-39)40-6)21-31(43-34)14-13-29-19-32-37(35(20-29)42-7)41(16-15-38(32,4)5)24-28-11-9-8-10-12-28/h8-14,17-22H,15-16,24H2,1-5,7H3/b14-13+,33-30-. The van der Waals surface area contributed by atoms with E-state index < -0.39 is 0 Å². The van der Waals surface area contributed by atoms with Crippen LogP contribution in [0.3, 0.4) is 0 Å². The van der Waals surface area contributed by atoms with Crippen molar-refractivity contribution in [2.45, 2.75) is 53.0 Å². The summed E-state index contributed by atoms with van der Waals surface area (Å²) in [5, 5.41) is 9.65. The van der Waals surface area contributed by atoms with Gasteiger partial charge in [-0.1, -0.05) is 68.0 Å². The Labute approximate surface area is 255 Å². The van der Waals surface area contributed by atoms with Gasteiger partial charge in [0.15, 0.2) is 0 Å². The Bertz CT molecular complexity index is 1740. The van der Waals surface area contributed by atoms with E-state index in [1.807, 2.05) is 24.3 Å². The smallest absolute Gasteiger partial charge is 0.269 e. The highest BCUT2D eigenvalue weighted by molar-refractivity contribution is 5.75. The fourth-order valence-electron chi connectivity index (χ4n) is 6.11. The normalized spacial score (nSPS) is 16.8. The second-order valence-corrected chi connectivity index (χ2v) is 12.0. The van der Waals surface area contributed by atoms with E-state index in [1.54, 1.807) is 19.3 Å². The fraction of sp³-hybridized carbons (Fsp3) is 0.263. The van der Waals surface area contributed by atoms with Gasteiger partial charge >= 0.3 is 0 Å². The SMILES string of the molecule is [C-]#[N+]/C(C#N)=C1C=C(/C=C/c2cc(OC)c3c(c2)C(C)(C)CCN3Cc2ccccc2)OC(c2c(C)cc(C)cc2C)=C/1. The third-order valence-electron chi connectivity index (χ3n) is 8.25. The molecule has 0 atom stereocenters. The minimum absolute atomic E-state index is 0.0239. The highest BCUT2D eigenvalue weighted by atomic mass is 16.5. The van der Waals surface area contributed by atoms with Crippen LogP contribution in [0.15, 0.2) is 89.9 Å². The van der Waals surface area contributed by atoms with Gasteiger partial charge in [-0.25, -0.2) is 10.1 Å². The van der Waals surface area contributed by atoms with Gasteiger partial charge in [0.1, 0.15) is 17.3 Å². The van der Waals surface area contributed by atoms with Crippen LogP contribution in [0, 0.1) is 38.7 Å². The molecule has 0 bridgehead atoms. The van der Waals surface area contributed by atoms with Crippen LogP contribution >= 0.6 is 0 Å². The molecule has 0 aromatic heterocycles. The van der Waals surface area contributed by atoms with Crippen LogP contribution in [0.2, 0.25) is 0 Å². The Hall–Kier alpha value is -5.00. The number of fused-ring (bicyclic) bond motifs is 1. The average molecular weight is 568 g/mol. The zero-order chi connectivity index (χ0) is 30.7. The molecule has 0 saturated carbocycles. The number of hydrogen-bond donors (Lipinski definition) is 0. The zero-order valence-corrected chi connectivity index (χ0v) is 25.8. The fourth-order valence-corrected chi connectivity index (χ4v) is 6.11. The van der Waals surface area contributed by atoms with Crippen molar-refractivity contribution in [3.63, 3.8) is 0 Å². The maximum absolute atomic E-state index is 9.65. The van der Waals surface area contributed by atoms with E-state index in [9.17, 15) is 5.26 Å². The zero-order valence-electron chi connectivity index (χ0n) is 25.8. The molecule has 2 aliphatic heterocycles. The number of benzene rings is 3. The van der Waals surface area contributed by atoms with Gasteiger partial charge in [0.25, 0.3) is 5.70 Å². The number of hydrogen-bond acceptors (Lipinski definition) is 4. The van der Waals surface area contributed by atoms with E-state index in [0.717, 1.165) is 53.2 Å². The van der Waals surface area contributed by atoms with E-state index in [0.29, 0.717) is 17.1 Å². The highest BCUT2D eigenvalue weighted by Gasteiger charge is 2.34. The van der Waals surface area contributed by atoms with E-state index in [4.69, 9.17) is 16.0 Å². The number of nitriles is 1. The molecule has 5 rings (SSSR count). The number of rotatable bonds is 6. The number of allylic oxidation sites excluding steroid dienone is 5. The van der Waals surface area contributed by atoms with Gasteiger partial charge < -0.3 is 14.4 Å². The van der Waals surface area contributed by atoms with Crippen molar-refractivity contribution in [3.05, 3.63) is 140 Å². The average Bonchev–Trinajstić information content (AvgIpc) is 2.98. The van der Waals surface area contributed by atoms with Crippen LogP contribution in [-0.2, 0) is 16.7 Å². The summed E-state index contributed by atoms with van der Waals surface area (Å²) in [5.74, 6) is 2.03. The molecule has 0 aliphatic carbocycles. The second kappa shape index (κ2) is 12.1. The number of ether oxygens (including phenoxy) is 2. The molecule has 5 heteroatoms.